The van der Waals surface area contributed by atoms with Crippen molar-refractivity contribution in [2.24, 2.45) is 0 Å². The molecule has 0 spiro atoms. The topological polar surface area (TPSA) is 40.1 Å². The Bertz CT molecular complexity index is 426. The summed E-state index contributed by atoms with van der Waals surface area (Å²) in [4.78, 5) is 10.7. The summed E-state index contributed by atoms with van der Waals surface area (Å²) in [5, 5.41) is 10.7. The minimum Gasteiger partial charge on any atom is -0.545 e. The first kappa shape index (κ1) is 11.2. The molecule has 64 valence electrons. The molecule has 0 aromatic carbocycles. The second kappa shape index (κ2) is 4.60. The molecule has 0 aromatic rings. The van der Waals surface area contributed by atoms with E-state index in [0.29, 0.717) is 0 Å². The summed E-state index contributed by atoms with van der Waals surface area (Å²) in [5.74, 6) is -1.12. The second-order valence-electron chi connectivity index (χ2n) is 2.81. The SMILES string of the molecule is O=C([O-])c1ccc2cccccc1-2.[Na+]. The molecule has 0 fully saturated rings. The van der Waals surface area contributed by atoms with Crippen LogP contribution in [0.2, 0.25) is 0 Å². The molecule has 0 radical (unpaired) electrons. The van der Waals surface area contributed by atoms with Gasteiger partial charge in [-0.25, -0.2) is 0 Å². The summed E-state index contributed by atoms with van der Waals surface area (Å²) in [5.41, 5.74) is 1.90. The molecule has 3 heteroatoms. The third-order valence-electron chi connectivity index (χ3n) is 2.01. The van der Waals surface area contributed by atoms with Crippen molar-refractivity contribution in [1.82, 2.24) is 0 Å². The van der Waals surface area contributed by atoms with E-state index in [2.05, 4.69) is 0 Å². The Morgan fingerprint density at radius 3 is 2.43 bits per heavy atom. The third-order valence-corrected chi connectivity index (χ3v) is 2.01. The predicted octanol–water partition coefficient (Wildman–Crippen LogP) is -1.84. The largest absolute Gasteiger partial charge is 1.00 e. The molecule has 0 aromatic heterocycles. The van der Waals surface area contributed by atoms with Crippen molar-refractivity contribution < 1.29 is 39.5 Å². The van der Waals surface area contributed by atoms with Crippen molar-refractivity contribution in [2.45, 2.75) is 0 Å². The van der Waals surface area contributed by atoms with E-state index in [1.54, 1.807) is 18.2 Å². The summed E-state index contributed by atoms with van der Waals surface area (Å²) < 4.78 is 0. The summed E-state index contributed by atoms with van der Waals surface area (Å²) >= 11 is 0. The number of fused-ring (bicyclic) bond motifs is 1. The minimum absolute atomic E-state index is 0. The molecule has 14 heavy (non-hydrogen) atoms. The zero-order valence-electron chi connectivity index (χ0n) is 7.86. The van der Waals surface area contributed by atoms with Crippen LogP contribution in [0.1, 0.15) is 10.4 Å². The predicted molar refractivity (Wildman–Crippen MR) is 47.4 cm³/mol. The molecule has 0 unspecified atom stereocenters. The van der Waals surface area contributed by atoms with Crippen molar-refractivity contribution in [3.63, 3.8) is 0 Å². The van der Waals surface area contributed by atoms with Gasteiger partial charge in [-0.1, -0.05) is 42.5 Å². The summed E-state index contributed by atoms with van der Waals surface area (Å²) in [7, 11) is 0. The molecule has 2 aliphatic rings. The van der Waals surface area contributed by atoms with Crippen LogP contribution in [0, 0.1) is 0 Å². The first-order valence-electron chi connectivity index (χ1n) is 3.98. The zero-order valence-corrected chi connectivity index (χ0v) is 9.86. The molecule has 0 saturated heterocycles. The van der Waals surface area contributed by atoms with Gasteiger partial charge in [0, 0.05) is 5.56 Å². The third kappa shape index (κ3) is 1.98. The van der Waals surface area contributed by atoms with Gasteiger partial charge in [-0.05, 0) is 11.1 Å². The maximum atomic E-state index is 10.7. The van der Waals surface area contributed by atoms with E-state index >= 15 is 0 Å². The molecular formula is C11H7NaO2. The molecule has 2 aliphatic carbocycles. The van der Waals surface area contributed by atoms with E-state index in [4.69, 9.17) is 0 Å². The molecule has 0 atom stereocenters. The van der Waals surface area contributed by atoms with Crippen LogP contribution in [0.25, 0.3) is 11.1 Å². The standard InChI is InChI=1S/C11H8O2.Na/c12-11(13)10-7-6-8-4-2-1-3-5-9(8)10;/h1-7H,(H,12,13);/q;+1/p-1. The Labute approximate surface area is 104 Å². The summed E-state index contributed by atoms with van der Waals surface area (Å²) in [6.45, 7) is 0. The molecule has 2 rings (SSSR count). The average Bonchev–Trinajstić information content (AvgIpc) is 2.36. The quantitative estimate of drug-likeness (QED) is 0.500. The molecule has 0 saturated carbocycles. The van der Waals surface area contributed by atoms with Crippen LogP contribution in [0.4, 0.5) is 0 Å². The van der Waals surface area contributed by atoms with Crippen LogP contribution in [-0.2, 0) is 0 Å². The van der Waals surface area contributed by atoms with Crippen LogP contribution in [-0.4, -0.2) is 5.97 Å². The fourth-order valence-electron chi connectivity index (χ4n) is 1.39. The Kier molecular flexibility index (Phi) is 3.69. The van der Waals surface area contributed by atoms with Gasteiger partial charge in [0.2, 0.25) is 0 Å². The monoisotopic (exact) mass is 194 g/mol. The van der Waals surface area contributed by atoms with Gasteiger partial charge in [0.15, 0.2) is 0 Å². The first-order valence-corrected chi connectivity index (χ1v) is 3.98. The maximum absolute atomic E-state index is 10.7. The van der Waals surface area contributed by atoms with E-state index in [1.165, 1.54) is 0 Å². The molecule has 2 nitrogen and oxygen atoms in total. The van der Waals surface area contributed by atoms with Gasteiger partial charge in [0.25, 0.3) is 0 Å². The number of carboxylic acid groups (broad SMARTS) is 1. The van der Waals surface area contributed by atoms with Gasteiger partial charge in [-0.2, -0.15) is 0 Å². The minimum atomic E-state index is -1.12. The van der Waals surface area contributed by atoms with Crippen LogP contribution in [0.5, 0.6) is 0 Å². The van der Waals surface area contributed by atoms with E-state index in [1.807, 2.05) is 24.3 Å². The van der Waals surface area contributed by atoms with Gasteiger partial charge in [-0.3, -0.25) is 0 Å². The van der Waals surface area contributed by atoms with Crippen LogP contribution < -0.4 is 34.7 Å². The Balaban J connectivity index is 0.000000980. The van der Waals surface area contributed by atoms with E-state index in [0.717, 1.165) is 11.1 Å². The fraction of sp³-hybridized carbons (Fsp3) is 0. The van der Waals surface area contributed by atoms with Crippen molar-refractivity contribution in [3.8, 4) is 11.1 Å². The van der Waals surface area contributed by atoms with E-state index < -0.39 is 5.97 Å². The first-order chi connectivity index (χ1) is 6.29. The Morgan fingerprint density at radius 2 is 1.71 bits per heavy atom. The maximum Gasteiger partial charge on any atom is 1.00 e. The smallest absolute Gasteiger partial charge is 0.545 e. The van der Waals surface area contributed by atoms with Crippen LogP contribution >= 0.6 is 0 Å². The molecule has 0 amide bonds. The normalized spacial score (nSPS) is 9.43. The van der Waals surface area contributed by atoms with Crippen molar-refractivity contribution >= 4 is 5.97 Å². The number of carbonyl (C=O) groups is 1. The van der Waals surface area contributed by atoms with Gasteiger partial charge >= 0.3 is 29.6 Å². The molecule has 0 bridgehead atoms. The second-order valence-corrected chi connectivity index (χ2v) is 2.81. The fourth-order valence-corrected chi connectivity index (χ4v) is 1.39. The Hall–Kier alpha value is -0.830. The van der Waals surface area contributed by atoms with Gasteiger partial charge in [-0.15, -0.1) is 0 Å². The number of aromatic carboxylic acids is 1. The number of rotatable bonds is 1. The molecular weight excluding hydrogens is 187 g/mol. The Morgan fingerprint density at radius 1 is 1.00 bits per heavy atom. The van der Waals surface area contributed by atoms with E-state index in [-0.39, 0.29) is 35.1 Å². The van der Waals surface area contributed by atoms with Gasteiger partial charge in [0.1, 0.15) is 0 Å². The average molecular weight is 194 g/mol. The number of carboxylic acids is 1. The number of hydrogen-bond donors (Lipinski definition) is 0. The van der Waals surface area contributed by atoms with E-state index in [9.17, 15) is 9.90 Å². The van der Waals surface area contributed by atoms with Crippen molar-refractivity contribution in [2.75, 3.05) is 0 Å². The summed E-state index contributed by atoms with van der Waals surface area (Å²) in [6.07, 6.45) is 0. The molecule has 0 aliphatic heterocycles. The molecule has 0 N–H and O–H groups in total. The summed E-state index contributed by atoms with van der Waals surface area (Å²) in [6, 6.07) is 12.6. The number of carbonyl (C=O) groups excluding carboxylic acids is 1. The van der Waals surface area contributed by atoms with Crippen LogP contribution in [0.3, 0.4) is 0 Å². The number of hydrogen-bond acceptors (Lipinski definition) is 2. The van der Waals surface area contributed by atoms with Gasteiger partial charge in [0.05, 0.1) is 5.97 Å². The van der Waals surface area contributed by atoms with Crippen molar-refractivity contribution in [3.05, 3.63) is 48.0 Å². The van der Waals surface area contributed by atoms with Crippen molar-refractivity contribution in [1.29, 1.82) is 0 Å². The van der Waals surface area contributed by atoms with Crippen LogP contribution in [0.15, 0.2) is 42.5 Å². The zero-order chi connectivity index (χ0) is 9.26. The molecule has 0 heterocycles. The van der Waals surface area contributed by atoms with Gasteiger partial charge < -0.3 is 9.90 Å².